The van der Waals surface area contributed by atoms with Gasteiger partial charge in [-0.3, -0.25) is 0 Å². The van der Waals surface area contributed by atoms with Gasteiger partial charge in [-0.1, -0.05) is 35.9 Å². The molecule has 0 aromatic heterocycles. The van der Waals surface area contributed by atoms with Crippen LogP contribution in [0.1, 0.15) is 31.4 Å². The topological polar surface area (TPSA) is 37.4 Å². The molecule has 23 heavy (non-hydrogen) atoms. The lowest BCUT2D eigenvalue weighted by Gasteiger charge is -2.29. The molecule has 2 aromatic carbocycles. The first-order valence-corrected chi connectivity index (χ1v) is 9.26. The van der Waals surface area contributed by atoms with Crippen LogP contribution in [-0.4, -0.2) is 18.8 Å². The molecule has 0 saturated heterocycles. The molecule has 0 bridgehead atoms. The van der Waals surface area contributed by atoms with E-state index in [1.807, 2.05) is 19.1 Å². The minimum atomic E-state index is -3.79. The second kappa shape index (κ2) is 6.23. The molecule has 122 valence electrons. The van der Waals surface area contributed by atoms with Crippen molar-refractivity contribution >= 4 is 21.6 Å². The fourth-order valence-corrected chi connectivity index (χ4v) is 4.93. The second-order valence-electron chi connectivity index (χ2n) is 5.72. The van der Waals surface area contributed by atoms with Crippen LogP contribution in [0.2, 0.25) is 5.02 Å². The third-order valence-electron chi connectivity index (χ3n) is 4.02. The summed E-state index contributed by atoms with van der Waals surface area (Å²) in [5.74, 6) is -0.563. The third kappa shape index (κ3) is 3.27. The molecule has 1 atom stereocenters. The Balaban J connectivity index is 2.04. The molecule has 0 radical (unpaired) electrons. The summed E-state index contributed by atoms with van der Waals surface area (Å²) in [4.78, 5) is -0.0247. The molecule has 0 N–H and O–H groups in total. The first kappa shape index (κ1) is 16.4. The van der Waals surface area contributed by atoms with Crippen molar-refractivity contribution in [3.05, 3.63) is 64.9 Å². The largest absolute Gasteiger partial charge is 0.243 e. The monoisotopic (exact) mass is 353 g/mol. The van der Waals surface area contributed by atoms with Crippen molar-refractivity contribution in [2.45, 2.75) is 36.7 Å². The number of sulfonamides is 1. The van der Waals surface area contributed by atoms with Gasteiger partial charge in [0.2, 0.25) is 10.0 Å². The molecule has 0 heterocycles. The molecule has 2 aromatic rings. The summed E-state index contributed by atoms with van der Waals surface area (Å²) in [5, 5.41) is 0.528. The molecule has 1 saturated carbocycles. The van der Waals surface area contributed by atoms with Gasteiger partial charge in [-0.2, -0.15) is 4.31 Å². The first-order chi connectivity index (χ1) is 10.9. The quantitative estimate of drug-likeness (QED) is 0.799. The number of rotatable bonds is 5. The molecule has 1 fully saturated rings. The highest BCUT2D eigenvalue weighted by Crippen LogP contribution is 2.40. The number of nitrogens with zero attached hydrogens (tertiary/aromatic N) is 1. The van der Waals surface area contributed by atoms with E-state index in [0.717, 1.165) is 24.5 Å². The lowest BCUT2D eigenvalue weighted by Crippen LogP contribution is -2.35. The van der Waals surface area contributed by atoms with Gasteiger partial charge in [0.15, 0.2) is 0 Å². The summed E-state index contributed by atoms with van der Waals surface area (Å²) < 4.78 is 40.9. The van der Waals surface area contributed by atoms with Crippen molar-refractivity contribution in [2.75, 3.05) is 0 Å². The molecule has 0 spiro atoms. The summed E-state index contributed by atoms with van der Waals surface area (Å²) >= 11 is 6.23. The Labute approximate surface area is 140 Å². The van der Waals surface area contributed by atoms with Crippen LogP contribution in [-0.2, 0) is 10.0 Å². The van der Waals surface area contributed by atoms with E-state index in [1.54, 1.807) is 12.1 Å². The highest BCUT2D eigenvalue weighted by Gasteiger charge is 2.42. The van der Waals surface area contributed by atoms with Gasteiger partial charge < -0.3 is 0 Å². The number of halogens is 2. The van der Waals surface area contributed by atoms with E-state index in [2.05, 4.69) is 0 Å². The first-order valence-electron chi connectivity index (χ1n) is 7.45. The van der Waals surface area contributed by atoms with Crippen molar-refractivity contribution in [1.29, 1.82) is 0 Å². The van der Waals surface area contributed by atoms with Crippen molar-refractivity contribution in [2.24, 2.45) is 0 Å². The maximum absolute atomic E-state index is 13.5. The van der Waals surface area contributed by atoms with Gasteiger partial charge >= 0.3 is 0 Å². The zero-order valence-corrected chi connectivity index (χ0v) is 14.2. The predicted octanol–water partition coefficient (Wildman–Crippen LogP) is 4.39. The molecule has 1 aliphatic carbocycles. The number of hydrogen-bond donors (Lipinski definition) is 0. The lowest BCUT2D eigenvalue weighted by molar-refractivity contribution is 0.334. The molecule has 0 aliphatic heterocycles. The SMILES string of the molecule is CC(c1ccccc1Cl)N(C1CC1)S(=O)(=O)c1cccc(F)c1. The van der Waals surface area contributed by atoms with Gasteiger partial charge in [-0.05, 0) is 49.6 Å². The summed E-state index contributed by atoms with van der Waals surface area (Å²) in [6.07, 6.45) is 1.62. The Hall–Kier alpha value is -1.43. The highest BCUT2D eigenvalue weighted by atomic mass is 35.5. The van der Waals surface area contributed by atoms with E-state index < -0.39 is 21.9 Å². The van der Waals surface area contributed by atoms with Crippen molar-refractivity contribution in [3.8, 4) is 0 Å². The smallest absolute Gasteiger partial charge is 0.207 e. The van der Waals surface area contributed by atoms with Crippen LogP contribution < -0.4 is 0 Å². The van der Waals surface area contributed by atoms with Crippen LogP contribution >= 0.6 is 11.6 Å². The number of hydrogen-bond acceptors (Lipinski definition) is 2. The second-order valence-corrected chi connectivity index (χ2v) is 7.97. The average Bonchev–Trinajstić information content (AvgIpc) is 3.32. The van der Waals surface area contributed by atoms with Gasteiger partial charge in [0.1, 0.15) is 5.82 Å². The van der Waals surface area contributed by atoms with E-state index >= 15 is 0 Å². The Bertz CT molecular complexity index is 821. The number of benzene rings is 2. The van der Waals surface area contributed by atoms with Crippen LogP contribution in [0.3, 0.4) is 0 Å². The van der Waals surface area contributed by atoms with Gasteiger partial charge in [0.25, 0.3) is 0 Å². The average molecular weight is 354 g/mol. The molecular formula is C17H17ClFNO2S. The maximum atomic E-state index is 13.5. The molecule has 1 unspecified atom stereocenters. The van der Waals surface area contributed by atoms with E-state index in [9.17, 15) is 12.8 Å². The van der Waals surface area contributed by atoms with Gasteiger partial charge in [-0.25, -0.2) is 12.8 Å². The standard InChI is InChI=1S/C17H17ClFNO2S/c1-12(16-7-2-3-8-17(16)18)20(14-9-10-14)23(21,22)15-6-4-5-13(19)11-15/h2-8,11-12,14H,9-10H2,1H3. The minimum absolute atomic E-state index is 0.0247. The predicted molar refractivity (Wildman–Crippen MR) is 88.3 cm³/mol. The van der Waals surface area contributed by atoms with Crippen LogP contribution in [0.4, 0.5) is 4.39 Å². The molecule has 3 rings (SSSR count). The van der Waals surface area contributed by atoms with Gasteiger partial charge in [0.05, 0.1) is 4.90 Å². The van der Waals surface area contributed by atoms with Crippen LogP contribution in [0.5, 0.6) is 0 Å². The summed E-state index contributed by atoms with van der Waals surface area (Å²) in [6.45, 7) is 1.82. The Morgan fingerprint density at radius 1 is 1.17 bits per heavy atom. The summed E-state index contributed by atoms with van der Waals surface area (Å²) in [6, 6.07) is 11.9. The van der Waals surface area contributed by atoms with E-state index in [0.29, 0.717) is 5.02 Å². The molecular weight excluding hydrogens is 337 g/mol. The van der Waals surface area contributed by atoms with Crippen LogP contribution in [0, 0.1) is 5.82 Å². The van der Waals surface area contributed by atoms with Crippen molar-refractivity contribution in [1.82, 2.24) is 4.31 Å². The zero-order chi connectivity index (χ0) is 16.6. The lowest BCUT2D eigenvalue weighted by atomic mass is 10.1. The summed E-state index contributed by atoms with van der Waals surface area (Å²) in [5.41, 5.74) is 0.751. The van der Waals surface area contributed by atoms with E-state index in [1.165, 1.54) is 22.5 Å². The minimum Gasteiger partial charge on any atom is -0.207 e. The van der Waals surface area contributed by atoms with Crippen molar-refractivity contribution in [3.63, 3.8) is 0 Å². The van der Waals surface area contributed by atoms with Crippen LogP contribution in [0.15, 0.2) is 53.4 Å². The molecule has 0 amide bonds. The van der Waals surface area contributed by atoms with Gasteiger partial charge in [-0.15, -0.1) is 0 Å². The maximum Gasteiger partial charge on any atom is 0.243 e. The highest BCUT2D eigenvalue weighted by molar-refractivity contribution is 7.89. The Morgan fingerprint density at radius 3 is 2.48 bits per heavy atom. The summed E-state index contributed by atoms with van der Waals surface area (Å²) in [7, 11) is -3.79. The van der Waals surface area contributed by atoms with E-state index in [4.69, 9.17) is 11.6 Å². The molecule has 6 heteroatoms. The molecule has 3 nitrogen and oxygen atoms in total. The van der Waals surface area contributed by atoms with Gasteiger partial charge in [0, 0.05) is 17.1 Å². The molecule has 1 aliphatic rings. The fourth-order valence-electron chi connectivity index (χ4n) is 2.75. The van der Waals surface area contributed by atoms with E-state index in [-0.39, 0.29) is 10.9 Å². The Morgan fingerprint density at radius 2 is 1.87 bits per heavy atom. The fraction of sp³-hybridized carbons (Fsp3) is 0.294. The zero-order valence-electron chi connectivity index (χ0n) is 12.6. The van der Waals surface area contributed by atoms with Crippen LogP contribution in [0.25, 0.3) is 0 Å². The third-order valence-corrected chi connectivity index (χ3v) is 6.38. The normalized spacial score (nSPS) is 16.5. The van der Waals surface area contributed by atoms with Crippen molar-refractivity contribution < 1.29 is 12.8 Å². The Kier molecular flexibility index (Phi) is 4.45.